The zero-order chi connectivity index (χ0) is 15.8. The summed E-state index contributed by atoms with van der Waals surface area (Å²) in [5.41, 5.74) is 2.74. The number of nitrogens with zero attached hydrogens (tertiary/aromatic N) is 1. The van der Waals surface area contributed by atoms with Crippen molar-refractivity contribution in [1.29, 1.82) is 5.26 Å². The second-order valence-corrected chi connectivity index (χ2v) is 5.15. The van der Waals surface area contributed by atoms with Crippen molar-refractivity contribution >= 4 is 6.29 Å². The fraction of sp³-hybridized carbons (Fsp3) is 0.263. The molecule has 2 rings (SSSR count). The van der Waals surface area contributed by atoms with Crippen LogP contribution in [-0.2, 0) is 4.79 Å². The largest absolute Gasteiger partial charge is 0.483 e. The molecule has 0 saturated heterocycles. The maximum Gasteiger partial charge on any atom is 0.160 e. The van der Waals surface area contributed by atoms with Gasteiger partial charge in [-0.1, -0.05) is 37.6 Å². The molecule has 0 spiro atoms. The Balaban J connectivity index is 2.06. The molecule has 0 heterocycles. The van der Waals surface area contributed by atoms with Gasteiger partial charge in [-0.25, -0.2) is 0 Å². The van der Waals surface area contributed by atoms with Gasteiger partial charge in [-0.3, -0.25) is 4.79 Å². The Hall–Kier alpha value is -2.60. The summed E-state index contributed by atoms with van der Waals surface area (Å²) in [6.45, 7) is 2.09. The highest BCUT2D eigenvalue weighted by Gasteiger charge is 2.08. The summed E-state index contributed by atoms with van der Waals surface area (Å²) in [5.74, 6) is 0.700. The number of carbonyl (C=O) groups excluding carboxylic acids is 1. The third-order valence-corrected chi connectivity index (χ3v) is 3.48. The molecule has 0 amide bonds. The molecule has 0 bridgehead atoms. The van der Waals surface area contributed by atoms with Gasteiger partial charge >= 0.3 is 0 Å². The molecule has 22 heavy (non-hydrogen) atoms. The van der Waals surface area contributed by atoms with Crippen LogP contribution in [0.3, 0.4) is 0 Å². The molecular weight excluding hydrogens is 274 g/mol. The van der Waals surface area contributed by atoms with Gasteiger partial charge in [0.1, 0.15) is 5.75 Å². The summed E-state index contributed by atoms with van der Waals surface area (Å²) in [6, 6.07) is 17.2. The maximum absolute atomic E-state index is 11.0. The molecular formula is C19H19NO2. The van der Waals surface area contributed by atoms with Gasteiger partial charge in [0.05, 0.1) is 11.6 Å². The number of unbranched alkanes of at least 4 members (excludes halogenated alkanes) is 1. The van der Waals surface area contributed by atoms with Gasteiger partial charge in [-0.15, -0.1) is 0 Å². The minimum absolute atomic E-state index is 0.374. The van der Waals surface area contributed by atoms with E-state index in [4.69, 9.17) is 10.00 Å². The Labute approximate surface area is 131 Å². The van der Waals surface area contributed by atoms with Crippen LogP contribution >= 0.6 is 0 Å². The number of hydrogen-bond donors (Lipinski definition) is 0. The first-order chi connectivity index (χ1) is 10.8. The first kappa shape index (κ1) is 15.8. The molecule has 0 aliphatic carbocycles. The summed E-state index contributed by atoms with van der Waals surface area (Å²) in [4.78, 5) is 11.0. The molecule has 0 aliphatic rings. The van der Waals surface area contributed by atoms with Gasteiger partial charge in [0.25, 0.3) is 0 Å². The van der Waals surface area contributed by atoms with Crippen LogP contribution in [0.5, 0.6) is 5.75 Å². The number of rotatable bonds is 7. The van der Waals surface area contributed by atoms with Gasteiger partial charge in [-0.05, 0) is 48.2 Å². The van der Waals surface area contributed by atoms with Crippen LogP contribution in [0.15, 0.2) is 48.5 Å². The van der Waals surface area contributed by atoms with Gasteiger partial charge in [0.15, 0.2) is 12.4 Å². The van der Waals surface area contributed by atoms with Gasteiger partial charge < -0.3 is 4.74 Å². The second kappa shape index (κ2) is 7.99. The summed E-state index contributed by atoms with van der Waals surface area (Å²) in [5, 5.41) is 8.81. The van der Waals surface area contributed by atoms with Crippen LogP contribution in [-0.4, -0.2) is 12.4 Å². The lowest BCUT2D eigenvalue weighted by molar-refractivity contribution is -0.114. The molecule has 3 heteroatoms. The first-order valence-electron chi connectivity index (χ1n) is 7.49. The molecule has 1 unspecified atom stereocenters. The topological polar surface area (TPSA) is 50.1 Å². The molecule has 2 aromatic rings. The van der Waals surface area contributed by atoms with E-state index in [0.717, 1.165) is 36.7 Å². The predicted octanol–water partition coefficient (Wildman–Crippen LogP) is 4.36. The molecule has 0 N–H and O–H groups in total. The van der Waals surface area contributed by atoms with Gasteiger partial charge in [0.2, 0.25) is 0 Å². The third-order valence-electron chi connectivity index (χ3n) is 3.48. The van der Waals surface area contributed by atoms with Gasteiger partial charge in [0, 0.05) is 0 Å². The Morgan fingerprint density at radius 2 is 1.68 bits per heavy atom. The van der Waals surface area contributed by atoms with Crippen molar-refractivity contribution in [3.8, 4) is 22.9 Å². The molecule has 112 valence electrons. The Kier molecular flexibility index (Phi) is 5.73. The summed E-state index contributed by atoms with van der Waals surface area (Å²) in [7, 11) is 0. The number of ether oxygens (including phenoxy) is 1. The van der Waals surface area contributed by atoms with Crippen LogP contribution < -0.4 is 4.74 Å². The van der Waals surface area contributed by atoms with E-state index in [-0.39, 0.29) is 6.10 Å². The van der Waals surface area contributed by atoms with Crippen molar-refractivity contribution in [3.05, 3.63) is 54.1 Å². The fourth-order valence-electron chi connectivity index (χ4n) is 2.20. The van der Waals surface area contributed by atoms with Crippen molar-refractivity contribution in [2.75, 3.05) is 0 Å². The fourth-order valence-corrected chi connectivity index (χ4v) is 2.20. The normalized spacial score (nSPS) is 11.5. The predicted molar refractivity (Wildman–Crippen MR) is 86.6 cm³/mol. The average Bonchev–Trinajstić information content (AvgIpc) is 2.59. The van der Waals surface area contributed by atoms with Crippen molar-refractivity contribution in [1.82, 2.24) is 0 Å². The highest BCUT2D eigenvalue weighted by molar-refractivity contribution is 5.65. The van der Waals surface area contributed by atoms with E-state index in [1.165, 1.54) is 0 Å². The lowest BCUT2D eigenvalue weighted by atomic mass is 10.0. The molecule has 0 saturated carbocycles. The summed E-state index contributed by atoms with van der Waals surface area (Å²) >= 11 is 0. The molecule has 0 fully saturated rings. The minimum Gasteiger partial charge on any atom is -0.483 e. The van der Waals surface area contributed by atoms with Crippen molar-refractivity contribution in [2.24, 2.45) is 0 Å². The highest BCUT2D eigenvalue weighted by Crippen LogP contribution is 2.23. The average molecular weight is 293 g/mol. The number of benzene rings is 2. The summed E-state index contributed by atoms with van der Waals surface area (Å²) < 4.78 is 5.68. The molecule has 2 aromatic carbocycles. The number of aldehydes is 1. The Bertz CT molecular complexity index is 639. The quantitative estimate of drug-likeness (QED) is 0.713. The zero-order valence-electron chi connectivity index (χ0n) is 12.7. The molecule has 0 aliphatic heterocycles. The van der Waals surface area contributed by atoms with E-state index in [9.17, 15) is 4.79 Å². The molecule has 0 radical (unpaired) electrons. The van der Waals surface area contributed by atoms with E-state index in [1.54, 1.807) is 12.1 Å². The van der Waals surface area contributed by atoms with Crippen LogP contribution in [0.25, 0.3) is 11.1 Å². The minimum atomic E-state index is -0.374. The smallest absolute Gasteiger partial charge is 0.160 e. The zero-order valence-corrected chi connectivity index (χ0v) is 12.7. The lowest BCUT2D eigenvalue weighted by Crippen LogP contribution is -2.17. The molecule has 1 atom stereocenters. The Morgan fingerprint density at radius 1 is 1.09 bits per heavy atom. The third kappa shape index (κ3) is 4.20. The summed E-state index contributed by atoms with van der Waals surface area (Å²) in [6.07, 6.45) is 3.26. The number of hydrogen-bond acceptors (Lipinski definition) is 3. The van der Waals surface area contributed by atoms with Crippen LogP contribution in [0.2, 0.25) is 0 Å². The van der Waals surface area contributed by atoms with Crippen molar-refractivity contribution in [3.63, 3.8) is 0 Å². The van der Waals surface area contributed by atoms with E-state index in [0.29, 0.717) is 11.3 Å². The van der Waals surface area contributed by atoms with Crippen molar-refractivity contribution < 1.29 is 9.53 Å². The van der Waals surface area contributed by atoms with Crippen LogP contribution in [0.1, 0.15) is 31.7 Å². The number of nitriles is 1. The van der Waals surface area contributed by atoms with E-state index in [2.05, 4.69) is 13.0 Å². The van der Waals surface area contributed by atoms with E-state index >= 15 is 0 Å². The number of carbonyl (C=O) groups is 1. The van der Waals surface area contributed by atoms with E-state index in [1.807, 2.05) is 36.4 Å². The van der Waals surface area contributed by atoms with Crippen molar-refractivity contribution in [2.45, 2.75) is 32.3 Å². The highest BCUT2D eigenvalue weighted by atomic mass is 16.5. The van der Waals surface area contributed by atoms with E-state index < -0.39 is 0 Å². The SMILES string of the molecule is CCCCC(C=O)Oc1ccc(-c2ccc(C#N)cc2)cc1. The maximum atomic E-state index is 11.0. The Morgan fingerprint density at radius 3 is 2.18 bits per heavy atom. The van der Waals surface area contributed by atoms with Gasteiger partial charge in [-0.2, -0.15) is 5.26 Å². The van der Waals surface area contributed by atoms with Crippen LogP contribution in [0, 0.1) is 11.3 Å². The second-order valence-electron chi connectivity index (χ2n) is 5.15. The monoisotopic (exact) mass is 293 g/mol. The molecule has 0 aromatic heterocycles. The first-order valence-corrected chi connectivity index (χ1v) is 7.49. The lowest BCUT2D eigenvalue weighted by Gasteiger charge is -2.13. The standard InChI is InChI=1S/C19H19NO2/c1-2-3-4-19(14-21)22-18-11-9-17(10-12-18)16-7-5-15(13-20)6-8-16/h5-12,14,19H,2-4H2,1H3. The van der Waals surface area contributed by atoms with Crippen LogP contribution in [0.4, 0.5) is 0 Å². The molecule has 3 nitrogen and oxygen atoms in total.